The van der Waals surface area contributed by atoms with Gasteiger partial charge in [-0.05, 0) is 103 Å². The Morgan fingerprint density at radius 3 is 1.03 bits per heavy atom. The molecule has 63 heavy (non-hydrogen) atoms. The van der Waals surface area contributed by atoms with Gasteiger partial charge in [0.25, 0.3) is 0 Å². The second kappa shape index (κ2) is 50.5. The zero-order chi connectivity index (χ0) is 45.8. The lowest BCUT2D eigenvalue weighted by molar-refractivity contribution is -0.166. The molecule has 0 aromatic rings. The zero-order valence-electron chi connectivity index (χ0n) is 40.3. The van der Waals surface area contributed by atoms with Crippen molar-refractivity contribution in [3.05, 3.63) is 122 Å². The molecule has 354 valence electrons. The van der Waals surface area contributed by atoms with Crippen molar-refractivity contribution in [2.75, 3.05) is 13.2 Å². The van der Waals surface area contributed by atoms with E-state index in [-0.39, 0.29) is 50.4 Å². The maximum Gasteiger partial charge on any atom is 0.306 e. The van der Waals surface area contributed by atoms with E-state index < -0.39 is 6.10 Å². The van der Waals surface area contributed by atoms with Gasteiger partial charge >= 0.3 is 17.9 Å². The number of unbranched alkanes of at least 4 members (excludes halogenated alkanes) is 12. The van der Waals surface area contributed by atoms with E-state index in [9.17, 15) is 14.4 Å². The standard InChI is InChI=1S/C57H90O6/c1-4-7-10-13-16-19-22-25-27-29-32-35-38-41-44-47-50-56(59)62-53-54(52-61-55(58)49-46-43-40-37-34-31-24-21-18-15-12-9-6-3)63-57(60)51-48-45-42-39-36-33-30-28-26-23-20-17-14-11-8-5-2/h7-8,10-11,16-17,19-20,25-28,31-32,34-35,40-41,43-44,54H,4-6,9,12-15,18,21-24,29-30,33,36-39,42,45-53H2,1-3H3/b10-7+,11-8+,19-16+,20-17+,27-25+,28-26+,34-31+,35-32+,43-40+,44-41+. The summed E-state index contributed by atoms with van der Waals surface area (Å²) in [6, 6.07) is 0. The molecule has 0 saturated heterocycles. The summed E-state index contributed by atoms with van der Waals surface area (Å²) in [5.41, 5.74) is 0. The van der Waals surface area contributed by atoms with Crippen LogP contribution in [0.5, 0.6) is 0 Å². The third-order valence-corrected chi connectivity index (χ3v) is 9.96. The van der Waals surface area contributed by atoms with Crippen LogP contribution in [0.15, 0.2) is 122 Å². The Labute approximate surface area is 386 Å². The predicted octanol–water partition coefficient (Wildman–Crippen LogP) is 16.5. The second-order valence-corrected chi connectivity index (χ2v) is 16.0. The molecule has 1 unspecified atom stereocenters. The van der Waals surface area contributed by atoms with Crippen LogP contribution in [-0.4, -0.2) is 37.2 Å². The van der Waals surface area contributed by atoms with Crippen LogP contribution < -0.4 is 0 Å². The van der Waals surface area contributed by atoms with Gasteiger partial charge in [0.1, 0.15) is 13.2 Å². The Bertz CT molecular complexity index is 1370. The molecule has 1 atom stereocenters. The number of allylic oxidation sites excluding steroid dienone is 20. The van der Waals surface area contributed by atoms with Gasteiger partial charge in [0.2, 0.25) is 0 Å². The molecule has 0 amide bonds. The second-order valence-electron chi connectivity index (χ2n) is 16.0. The molecule has 0 aromatic carbocycles. The van der Waals surface area contributed by atoms with Crippen LogP contribution in [-0.2, 0) is 28.6 Å². The maximum atomic E-state index is 12.8. The molecule has 0 fully saturated rings. The van der Waals surface area contributed by atoms with Crippen molar-refractivity contribution in [3.63, 3.8) is 0 Å². The van der Waals surface area contributed by atoms with Crippen LogP contribution in [0.1, 0.15) is 201 Å². The van der Waals surface area contributed by atoms with E-state index in [0.717, 1.165) is 96.3 Å². The molecule has 0 saturated carbocycles. The summed E-state index contributed by atoms with van der Waals surface area (Å²) in [5, 5.41) is 0. The Balaban J connectivity index is 4.60. The highest BCUT2D eigenvalue weighted by Crippen LogP contribution is 2.12. The lowest BCUT2D eigenvalue weighted by atomic mass is 10.1. The van der Waals surface area contributed by atoms with Gasteiger partial charge in [-0.25, -0.2) is 0 Å². The molecule has 6 nitrogen and oxygen atoms in total. The zero-order valence-corrected chi connectivity index (χ0v) is 40.3. The molecule has 0 rings (SSSR count). The summed E-state index contributed by atoms with van der Waals surface area (Å²) in [4.78, 5) is 37.9. The van der Waals surface area contributed by atoms with E-state index >= 15 is 0 Å². The number of hydrogen-bond acceptors (Lipinski definition) is 6. The average Bonchev–Trinajstić information content (AvgIpc) is 3.28. The SMILES string of the molecule is CC/C=C/C/C=C/C/C=C/C/C=C/C/C=C/CCC(=O)OCC(COC(=O)CC/C=C/C/C=C/CCCCCCCC)OC(=O)CCCCCCCC/C=C/C/C=C/C/C=C/CC. The number of carbonyl (C=O) groups is 3. The van der Waals surface area contributed by atoms with Gasteiger partial charge in [0.05, 0.1) is 0 Å². The Morgan fingerprint density at radius 2 is 0.651 bits per heavy atom. The molecule has 0 N–H and O–H groups in total. The van der Waals surface area contributed by atoms with Gasteiger partial charge in [-0.15, -0.1) is 0 Å². The van der Waals surface area contributed by atoms with Crippen molar-refractivity contribution in [3.8, 4) is 0 Å². The van der Waals surface area contributed by atoms with E-state index in [1.165, 1.54) is 51.4 Å². The fraction of sp³-hybridized carbons (Fsp3) is 0.596. The number of carbonyl (C=O) groups excluding carboxylic acids is 3. The number of esters is 3. The smallest absolute Gasteiger partial charge is 0.306 e. The van der Waals surface area contributed by atoms with Crippen LogP contribution >= 0.6 is 0 Å². The monoisotopic (exact) mass is 871 g/mol. The van der Waals surface area contributed by atoms with Crippen LogP contribution in [0.2, 0.25) is 0 Å². The third-order valence-electron chi connectivity index (χ3n) is 9.96. The quantitative estimate of drug-likeness (QED) is 0.0263. The lowest BCUT2D eigenvalue weighted by Gasteiger charge is -2.18. The van der Waals surface area contributed by atoms with Crippen LogP contribution in [0.4, 0.5) is 0 Å². The fourth-order valence-electron chi connectivity index (χ4n) is 6.26. The van der Waals surface area contributed by atoms with E-state index in [4.69, 9.17) is 14.2 Å². The van der Waals surface area contributed by atoms with Crippen LogP contribution in [0.3, 0.4) is 0 Å². The minimum Gasteiger partial charge on any atom is -0.462 e. The van der Waals surface area contributed by atoms with E-state index in [0.29, 0.717) is 12.8 Å². The average molecular weight is 871 g/mol. The molecule has 0 aliphatic rings. The predicted molar refractivity (Wildman–Crippen MR) is 269 cm³/mol. The van der Waals surface area contributed by atoms with E-state index in [1.54, 1.807) is 0 Å². The van der Waals surface area contributed by atoms with Gasteiger partial charge in [-0.3, -0.25) is 14.4 Å². The summed E-state index contributed by atoms with van der Waals surface area (Å²) in [5.74, 6) is -1.11. The minimum atomic E-state index is -0.840. The molecule has 0 aliphatic carbocycles. The summed E-state index contributed by atoms with van der Waals surface area (Å²) in [6.07, 6.45) is 69.2. The Hall–Kier alpha value is -4.19. The van der Waals surface area contributed by atoms with Gasteiger partial charge in [-0.1, -0.05) is 200 Å². The maximum absolute atomic E-state index is 12.8. The molecule has 0 bridgehead atoms. The van der Waals surface area contributed by atoms with Crippen molar-refractivity contribution < 1.29 is 28.6 Å². The summed E-state index contributed by atoms with van der Waals surface area (Å²) < 4.78 is 16.6. The number of hydrogen-bond donors (Lipinski definition) is 0. The summed E-state index contributed by atoms with van der Waals surface area (Å²) in [7, 11) is 0. The van der Waals surface area contributed by atoms with Crippen molar-refractivity contribution in [2.45, 2.75) is 207 Å². The highest BCUT2D eigenvalue weighted by atomic mass is 16.6. The van der Waals surface area contributed by atoms with Crippen LogP contribution in [0.25, 0.3) is 0 Å². The van der Waals surface area contributed by atoms with Gasteiger partial charge in [0, 0.05) is 19.3 Å². The molecular formula is C57H90O6. The van der Waals surface area contributed by atoms with Gasteiger partial charge in [0.15, 0.2) is 6.10 Å². The molecular weight excluding hydrogens is 781 g/mol. The van der Waals surface area contributed by atoms with E-state index in [2.05, 4.69) is 124 Å². The summed E-state index contributed by atoms with van der Waals surface area (Å²) in [6.45, 7) is 6.25. The van der Waals surface area contributed by atoms with Crippen LogP contribution in [0, 0.1) is 0 Å². The lowest BCUT2D eigenvalue weighted by Crippen LogP contribution is -2.30. The van der Waals surface area contributed by atoms with Gasteiger partial charge in [-0.2, -0.15) is 0 Å². The first kappa shape index (κ1) is 58.8. The van der Waals surface area contributed by atoms with E-state index in [1.807, 2.05) is 18.2 Å². The van der Waals surface area contributed by atoms with Gasteiger partial charge < -0.3 is 14.2 Å². The first-order chi connectivity index (χ1) is 31.0. The highest BCUT2D eigenvalue weighted by molar-refractivity contribution is 5.71. The molecule has 6 heteroatoms. The fourth-order valence-corrected chi connectivity index (χ4v) is 6.26. The number of ether oxygens (including phenoxy) is 3. The number of rotatable bonds is 43. The minimum absolute atomic E-state index is 0.140. The first-order valence-corrected chi connectivity index (χ1v) is 25.0. The molecule has 0 heterocycles. The third kappa shape index (κ3) is 48.7. The normalized spacial score (nSPS) is 13.1. The molecule has 0 aromatic heterocycles. The molecule has 0 spiro atoms. The van der Waals surface area contributed by atoms with Crippen molar-refractivity contribution in [1.82, 2.24) is 0 Å². The Kier molecular flexibility index (Phi) is 47.1. The first-order valence-electron chi connectivity index (χ1n) is 25.0. The highest BCUT2D eigenvalue weighted by Gasteiger charge is 2.19. The molecule has 0 aliphatic heterocycles. The topological polar surface area (TPSA) is 78.9 Å². The van der Waals surface area contributed by atoms with Crippen molar-refractivity contribution in [1.29, 1.82) is 0 Å². The van der Waals surface area contributed by atoms with Crippen molar-refractivity contribution in [2.24, 2.45) is 0 Å². The van der Waals surface area contributed by atoms with Crippen molar-refractivity contribution >= 4 is 17.9 Å². The largest absolute Gasteiger partial charge is 0.462 e. The molecule has 0 radical (unpaired) electrons. The summed E-state index contributed by atoms with van der Waals surface area (Å²) >= 11 is 0. The Morgan fingerprint density at radius 1 is 0.333 bits per heavy atom.